The van der Waals surface area contributed by atoms with E-state index in [9.17, 15) is 9.59 Å². The zero-order valence-electron chi connectivity index (χ0n) is 25.0. The van der Waals surface area contributed by atoms with Crippen LogP contribution in [-0.4, -0.2) is 40.7 Å². The summed E-state index contributed by atoms with van der Waals surface area (Å²) in [6, 6.07) is 33.3. The fourth-order valence-corrected chi connectivity index (χ4v) is 4.82. The molecule has 7 nitrogen and oxygen atoms in total. The lowest BCUT2D eigenvalue weighted by Gasteiger charge is -2.05. The van der Waals surface area contributed by atoms with Crippen LogP contribution in [0.5, 0.6) is 5.75 Å². The molecule has 0 radical (unpaired) electrons. The van der Waals surface area contributed by atoms with E-state index in [0.717, 1.165) is 70.3 Å². The van der Waals surface area contributed by atoms with Crippen LogP contribution in [-0.2, 0) is 20.7 Å². The van der Waals surface area contributed by atoms with E-state index in [0.29, 0.717) is 12.4 Å². The number of carboxylic acids is 1. The van der Waals surface area contributed by atoms with Gasteiger partial charge in [0.05, 0.1) is 25.1 Å². The summed E-state index contributed by atoms with van der Waals surface area (Å²) in [5.41, 5.74) is 7.22. The Morgan fingerprint density at radius 1 is 0.756 bits per heavy atom. The van der Waals surface area contributed by atoms with E-state index in [1.807, 2.05) is 91.0 Å². The van der Waals surface area contributed by atoms with E-state index in [1.54, 1.807) is 19.3 Å². The van der Waals surface area contributed by atoms with Crippen LogP contribution < -0.4 is 4.74 Å². The molecule has 7 heteroatoms. The fraction of sp³-hybridized carbons (Fsp3) is 0.132. The number of unbranched alkanes of at least 4 members (excludes halogenated alkanes) is 1. The van der Waals surface area contributed by atoms with Crippen LogP contribution >= 0.6 is 0 Å². The molecule has 0 fully saturated rings. The Balaban J connectivity index is 1.29. The molecule has 0 saturated heterocycles. The van der Waals surface area contributed by atoms with Gasteiger partial charge in [-0.15, -0.1) is 0 Å². The van der Waals surface area contributed by atoms with Gasteiger partial charge in [0.15, 0.2) is 0 Å². The lowest BCUT2D eigenvalue weighted by atomic mass is 10.0. The third-order valence-electron chi connectivity index (χ3n) is 7.23. The van der Waals surface area contributed by atoms with Crippen LogP contribution in [0.2, 0.25) is 0 Å². The van der Waals surface area contributed by atoms with Gasteiger partial charge in [0.25, 0.3) is 0 Å². The maximum Gasteiger partial charge on any atom is 0.330 e. The predicted octanol–water partition coefficient (Wildman–Crippen LogP) is 8.10. The summed E-state index contributed by atoms with van der Waals surface area (Å²) in [6.45, 7) is 0.394. The number of rotatable bonds is 13. The summed E-state index contributed by atoms with van der Waals surface area (Å²) >= 11 is 0. The molecule has 0 amide bonds. The van der Waals surface area contributed by atoms with Crippen molar-refractivity contribution in [1.82, 2.24) is 9.97 Å². The number of H-pyrrole nitrogens is 1. The number of hydrogen-bond donors (Lipinski definition) is 2. The number of carboxylic acid groups (broad SMARTS) is 1. The van der Waals surface area contributed by atoms with Crippen LogP contribution in [0.4, 0.5) is 0 Å². The third kappa shape index (κ3) is 8.67. The molecule has 0 saturated carbocycles. The summed E-state index contributed by atoms with van der Waals surface area (Å²) in [6.07, 6.45) is 8.61. The monoisotopic (exact) mass is 598 g/mol. The average Bonchev–Trinajstić information content (AvgIpc) is 3.53. The molecular weight excluding hydrogens is 564 g/mol. The number of esters is 1. The number of aliphatic carboxylic acids is 1. The number of hydrogen-bond acceptors (Lipinski definition) is 5. The zero-order valence-corrected chi connectivity index (χ0v) is 25.0. The number of aromatic nitrogens is 2. The number of ether oxygens (including phenoxy) is 2. The first kappa shape index (κ1) is 30.8. The summed E-state index contributed by atoms with van der Waals surface area (Å²) in [7, 11) is 1.63. The van der Waals surface area contributed by atoms with Crippen molar-refractivity contribution in [3.8, 4) is 39.7 Å². The van der Waals surface area contributed by atoms with Crippen molar-refractivity contribution in [3.63, 3.8) is 0 Å². The second-order valence-electron chi connectivity index (χ2n) is 10.4. The minimum Gasteiger partial charge on any atom is -0.497 e. The van der Waals surface area contributed by atoms with Crippen LogP contribution in [0.1, 0.15) is 29.5 Å². The highest BCUT2D eigenvalue weighted by molar-refractivity contribution is 5.88. The van der Waals surface area contributed by atoms with Gasteiger partial charge in [-0.3, -0.25) is 0 Å². The van der Waals surface area contributed by atoms with Gasteiger partial charge in [0, 0.05) is 28.8 Å². The Hall–Kier alpha value is -5.69. The van der Waals surface area contributed by atoms with Gasteiger partial charge in [-0.05, 0) is 72.4 Å². The normalized spacial score (nSPS) is 11.2. The topological polar surface area (TPSA) is 102 Å². The number of aryl methyl sites for hydroxylation is 1. The number of carbonyl (C=O) groups excluding carboxylic acids is 1. The second kappa shape index (κ2) is 15.2. The lowest BCUT2D eigenvalue weighted by Crippen LogP contribution is -2.02. The van der Waals surface area contributed by atoms with Crippen molar-refractivity contribution in [2.24, 2.45) is 0 Å². The van der Waals surface area contributed by atoms with Crippen LogP contribution in [0.15, 0.2) is 115 Å². The standard InChI is InChI=1S/C38H34N2O5/c1-44-33-22-20-32(21-23-33)38-39-36(30-16-10-28(11-17-30)14-24-34(41)42)37(40-38)31-18-12-29(13-19-31)15-25-35(43)45-26-6-5-9-27-7-3-2-4-8-27/h2-4,7-8,10-25H,5-6,9,26H2,1H3,(H,39,40)(H,41,42)/b24-14+,25-15+. The molecule has 0 unspecified atom stereocenters. The van der Waals surface area contributed by atoms with Gasteiger partial charge in [-0.1, -0.05) is 78.9 Å². The quantitative estimate of drug-likeness (QED) is 0.0807. The Kier molecular flexibility index (Phi) is 10.4. The van der Waals surface area contributed by atoms with Crippen LogP contribution in [0.25, 0.3) is 46.1 Å². The van der Waals surface area contributed by atoms with Crippen molar-refractivity contribution >= 4 is 24.1 Å². The van der Waals surface area contributed by atoms with E-state index in [4.69, 9.17) is 19.6 Å². The molecule has 0 aliphatic carbocycles. The van der Waals surface area contributed by atoms with Gasteiger partial charge in [-0.2, -0.15) is 0 Å². The van der Waals surface area contributed by atoms with Gasteiger partial charge < -0.3 is 19.6 Å². The average molecular weight is 599 g/mol. The highest BCUT2D eigenvalue weighted by Gasteiger charge is 2.16. The number of carbonyl (C=O) groups is 2. The second-order valence-corrected chi connectivity index (χ2v) is 10.4. The highest BCUT2D eigenvalue weighted by atomic mass is 16.5. The molecule has 45 heavy (non-hydrogen) atoms. The number of aromatic amines is 1. The molecule has 226 valence electrons. The number of methoxy groups -OCH3 is 1. The molecular formula is C38H34N2O5. The highest BCUT2D eigenvalue weighted by Crippen LogP contribution is 2.34. The molecule has 4 aromatic carbocycles. The molecule has 5 rings (SSSR count). The van der Waals surface area contributed by atoms with Gasteiger partial charge in [0.2, 0.25) is 0 Å². The van der Waals surface area contributed by atoms with E-state index in [2.05, 4.69) is 17.1 Å². The number of imidazole rings is 1. The minimum atomic E-state index is -0.998. The van der Waals surface area contributed by atoms with E-state index >= 15 is 0 Å². The summed E-state index contributed by atoms with van der Waals surface area (Å²) in [5.74, 6) is 0.0993. The molecule has 1 heterocycles. The minimum absolute atomic E-state index is 0.361. The first-order chi connectivity index (χ1) is 22.0. The summed E-state index contributed by atoms with van der Waals surface area (Å²) in [5, 5.41) is 8.94. The molecule has 0 aliphatic heterocycles. The Labute approximate surface area is 262 Å². The first-order valence-electron chi connectivity index (χ1n) is 14.7. The number of nitrogens with zero attached hydrogens (tertiary/aromatic N) is 1. The largest absolute Gasteiger partial charge is 0.497 e. The SMILES string of the molecule is COc1ccc(-c2nc(-c3ccc(/C=C/C(=O)O)cc3)c(-c3ccc(/C=C/C(=O)OCCCCc4ccccc4)cc3)[nH]2)cc1. The van der Waals surface area contributed by atoms with Crippen molar-refractivity contribution in [2.75, 3.05) is 13.7 Å². The van der Waals surface area contributed by atoms with Gasteiger partial charge >= 0.3 is 11.9 Å². The molecule has 0 spiro atoms. The molecule has 0 bridgehead atoms. The van der Waals surface area contributed by atoms with E-state index < -0.39 is 5.97 Å². The number of nitrogens with one attached hydrogen (secondary N) is 1. The third-order valence-corrected chi connectivity index (χ3v) is 7.23. The van der Waals surface area contributed by atoms with E-state index in [-0.39, 0.29) is 5.97 Å². The predicted molar refractivity (Wildman–Crippen MR) is 177 cm³/mol. The Morgan fingerprint density at radius 3 is 2.02 bits per heavy atom. The zero-order chi connectivity index (χ0) is 31.4. The molecule has 1 aromatic heterocycles. The Morgan fingerprint density at radius 2 is 1.38 bits per heavy atom. The fourth-order valence-electron chi connectivity index (χ4n) is 4.82. The van der Waals surface area contributed by atoms with Crippen molar-refractivity contribution < 1.29 is 24.2 Å². The lowest BCUT2D eigenvalue weighted by molar-refractivity contribution is -0.137. The van der Waals surface area contributed by atoms with Gasteiger partial charge in [-0.25, -0.2) is 14.6 Å². The van der Waals surface area contributed by atoms with Crippen molar-refractivity contribution in [2.45, 2.75) is 19.3 Å². The van der Waals surface area contributed by atoms with Gasteiger partial charge in [0.1, 0.15) is 11.6 Å². The molecule has 5 aromatic rings. The van der Waals surface area contributed by atoms with E-state index in [1.165, 1.54) is 11.6 Å². The summed E-state index contributed by atoms with van der Waals surface area (Å²) in [4.78, 5) is 31.6. The van der Waals surface area contributed by atoms with Crippen LogP contribution in [0, 0.1) is 0 Å². The molecule has 2 N–H and O–H groups in total. The summed E-state index contributed by atoms with van der Waals surface area (Å²) < 4.78 is 10.7. The maximum atomic E-state index is 12.3. The first-order valence-corrected chi connectivity index (χ1v) is 14.7. The smallest absolute Gasteiger partial charge is 0.330 e. The van der Waals surface area contributed by atoms with Crippen molar-refractivity contribution in [3.05, 3.63) is 132 Å². The molecule has 0 atom stereocenters. The van der Waals surface area contributed by atoms with Crippen LogP contribution in [0.3, 0.4) is 0 Å². The maximum absolute atomic E-state index is 12.3. The molecule has 0 aliphatic rings. The van der Waals surface area contributed by atoms with Crippen molar-refractivity contribution in [1.29, 1.82) is 0 Å². The number of benzene rings is 4. The Bertz CT molecular complexity index is 1770.